The summed E-state index contributed by atoms with van der Waals surface area (Å²) in [6.45, 7) is 2.86. The third kappa shape index (κ3) is 4.33. The number of amides is 2. The van der Waals surface area contributed by atoms with E-state index < -0.39 is 5.41 Å². The standard InChI is InChI=1S/C25H31ClN4O2/c1-28(2)24(32)25(22-9-4-5-13-27-22)12-8-16-30(18-25)23(31)19-10-11-20(26)21(17-19)29-14-6-3-7-15-29/h4-5,9-11,13,17H,3,6-8,12,14-16,18H2,1-2H3. The molecule has 7 heteroatoms. The highest BCUT2D eigenvalue weighted by Crippen LogP contribution is 2.36. The second kappa shape index (κ2) is 9.49. The molecule has 1 atom stereocenters. The van der Waals surface area contributed by atoms with Crippen molar-refractivity contribution in [3.05, 3.63) is 58.9 Å². The van der Waals surface area contributed by atoms with Crippen LogP contribution in [0.1, 0.15) is 48.2 Å². The first-order valence-corrected chi connectivity index (χ1v) is 11.8. The molecule has 0 radical (unpaired) electrons. The van der Waals surface area contributed by atoms with E-state index in [4.69, 9.17) is 11.6 Å². The predicted molar refractivity (Wildman–Crippen MR) is 127 cm³/mol. The zero-order valence-corrected chi connectivity index (χ0v) is 19.6. The number of hydrogen-bond donors (Lipinski definition) is 0. The fourth-order valence-corrected chi connectivity index (χ4v) is 5.24. The molecule has 2 fully saturated rings. The Kier molecular flexibility index (Phi) is 6.70. The molecular formula is C25H31ClN4O2. The monoisotopic (exact) mass is 454 g/mol. The molecule has 32 heavy (non-hydrogen) atoms. The van der Waals surface area contributed by atoms with Gasteiger partial charge in [0.2, 0.25) is 5.91 Å². The van der Waals surface area contributed by atoms with Crippen LogP contribution in [0.3, 0.4) is 0 Å². The van der Waals surface area contributed by atoms with E-state index in [2.05, 4.69) is 9.88 Å². The average molecular weight is 455 g/mol. The van der Waals surface area contributed by atoms with Crippen LogP contribution in [0.15, 0.2) is 42.6 Å². The molecule has 3 heterocycles. The van der Waals surface area contributed by atoms with Gasteiger partial charge in [-0.15, -0.1) is 0 Å². The number of carbonyl (C=O) groups excluding carboxylic acids is 2. The van der Waals surface area contributed by atoms with Crippen molar-refractivity contribution in [1.82, 2.24) is 14.8 Å². The summed E-state index contributed by atoms with van der Waals surface area (Å²) in [6.07, 6.45) is 6.64. The second-order valence-electron chi connectivity index (χ2n) is 9.04. The summed E-state index contributed by atoms with van der Waals surface area (Å²) in [5.41, 5.74) is 1.43. The van der Waals surface area contributed by atoms with Gasteiger partial charge in [-0.05, 0) is 62.4 Å². The molecule has 1 unspecified atom stereocenters. The van der Waals surface area contributed by atoms with Gasteiger partial charge in [0.1, 0.15) is 5.41 Å². The Balaban J connectivity index is 1.64. The highest BCUT2D eigenvalue weighted by atomic mass is 35.5. The molecule has 0 N–H and O–H groups in total. The minimum Gasteiger partial charge on any atom is -0.370 e. The predicted octanol–water partition coefficient (Wildman–Crippen LogP) is 3.99. The van der Waals surface area contributed by atoms with Gasteiger partial charge in [0.05, 0.1) is 16.4 Å². The number of benzene rings is 1. The average Bonchev–Trinajstić information content (AvgIpc) is 2.84. The van der Waals surface area contributed by atoms with Gasteiger partial charge in [-0.3, -0.25) is 14.6 Å². The van der Waals surface area contributed by atoms with E-state index in [1.54, 1.807) is 31.3 Å². The lowest BCUT2D eigenvalue weighted by molar-refractivity contribution is -0.136. The molecule has 2 aliphatic heterocycles. The number of rotatable bonds is 4. The van der Waals surface area contributed by atoms with Crippen LogP contribution in [0.4, 0.5) is 5.69 Å². The zero-order valence-electron chi connectivity index (χ0n) is 18.9. The van der Waals surface area contributed by atoms with Crippen molar-refractivity contribution in [1.29, 1.82) is 0 Å². The van der Waals surface area contributed by atoms with E-state index in [9.17, 15) is 9.59 Å². The summed E-state index contributed by atoms with van der Waals surface area (Å²) >= 11 is 6.50. The number of likely N-dealkylation sites (N-methyl/N-ethyl adjacent to an activating group) is 1. The van der Waals surface area contributed by atoms with E-state index in [0.717, 1.165) is 43.7 Å². The Labute approximate surface area is 195 Å². The molecule has 0 spiro atoms. The third-order valence-electron chi connectivity index (χ3n) is 6.64. The lowest BCUT2D eigenvalue weighted by Gasteiger charge is -2.42. The van der Waals surface area contributed by atoms with Crippen LogP contribution in [-0.2, 0) is 10.2 Å². The fraction of sp³-hybridized carbons (Fsp3) is 0.480. The highest BCUT2D eigenvalue weighted by molar-refractivity contribution is 6.33. The minimum atomic E-state index is -0.833. The molecule has 1 aromatic carbocycles. The van der Waals surface area contributed by atoms with Crippen LogP contribution in [0.5, 0.6) is 0 Å². The Morgan fingerprint density at radius 3 is 2.50 bits per heavy atom. The molecule has 0 bridgehead atoms. The van der Waals surface area contributed by atoms with Crippen molar-refractivity contribution in [2.75, 3.05) is 45.2 Å². The van der Waals surface area contributed by atoms with Gasteiger partial charge in [-0.2, -0.15) is 0 Å². The molecule has 2 saturated heterocycles. The van der Waals surface area contributed by atoms with E-state index in [0.29, 0.717) is 30.1 Å². The third-order valence-corrected chi connectivity index (χ3v) is 6.96. The van der Waals surface area contributed by atoms with Crippen LogP contribution >= 0.6 is 11.6 Å². The zero-order chi connectivity index (χ0) is 22.7. The topological polar surface area (TPSA) is 56.8 Å². The number of carbonyl (C=O) groups is 2. The summed E-state index contributed by atoms with van der Waals surface area (Å²) in [6, 6.07) is 11.2. The van der Waals surface area contributed by atoms with Crippen molar-refractivity contribution in [3.63, 3.8) is 0 Å². The van der Waals surface area contributed by atoms with E-state index in [1.807, 2.05) is 35.2 Å². The summed E-state index contributed by atoms with van der Waals surface area (Å²) in [5, 5.41) is 0.674. The number of nitrogens with zero attached hydrogens (tertiary/aromatic N) is 4. The SMILES string of the molecule is CN(C)C(=O)C1(c2ccccn2)CCCN(C(=O)c2ccc(Cl)c(N3CCCCC3)c2)C1. The van der Waals surface area contributed by atoms with Crippen LogP contribution in [-0.4, -0.2) is 66.9 Å². The van der Waals surface area contributed by atoms with E-state index in [-0.39, 0.29) is 11.8 Å². The molecule has 0 aliphatic carbocycles. The number of likely N-dealkylation sites (tertiary alicyclic amines) is 1. The lowest BCUT2D eigenvalue weighted by atomic mass is 9.75. The van der Waals surface area contributed by atoms with Gasteiger partial charge >= 0.3 is 0 Å². The second-order valence-corrected chi connectivity index (χ2v) is 9.45. The number of piperidine rings is 2. The van der Waals surface area contributed by atoms with Crippen LogP contribution in [0.2, 0.25) is 5.02 Å². The van der Waals surface area contributed by atoms with Crippen LogP contribution in [0.25, 0.3) is 0 Å². The minimum absolute atomic E-state index is 0.0150. The molecule has 2 amide bonds. The van der Waals surface area contributed by atoms with Crippen molar-refractivity contribution < 1.29 is 9.59 Å². The van der Waals surface area contributed by atoms with Gasteiger partial charge in [0.25, 0.3) is 5.91 Å². The molecule has 1 aromatic heterocycles. The van der Waals surface area contributed by atoms with Crippen molar-refractivity contribution >= 4 is 29.1 Å². The highest BCUT2D eigenvalue weighted by Gasteiger charge is 2.47. The molecule has 2 aliphatic rings. The maximum Gasteiger partial charge on any atom is 0.253 e. The maximum atomic E-state index is 13.6. The number of pyridine rings is 1. The molecule has 2 aromatic rings. The lowest BCUT2D eigenvalue weighted by Crippen LogP contribution is -2.56. The Morgan fingerprint density at radius 2 is 1.81 bits per heavy atom. The van der Waals surface area contributed by atoms with Gasteiger partial charge in [-0.25, -0.2) is 0 Å². The first-order valence-electron chi connectivity index (χ1n) is 11.4. The number of anilines is 1. The van der Waals surface area contributed by atoms with Crippen molar-refractivity contribution in [3.8, 4) is 0 Å². The number of halogens is 1. The molecule has 4 rings (SSSR count). The van der Waals surface area contributed by atoms with Crippen molar-refractivity contribution in [2.24, 2.45) is 0 Å². The van der Waals surface area contributed by atoms with Crippen LogP contribution in [0, 0.1) is 0 Å². The van der Waals surface area contributed by atoms with Gasteiger partial charge in [0, 0.05) is 52.0 Å². The summed E-state index contributed by atoms with van der Waals surface area (Å²) in [7, 11) is 3.52. The molecular weight excluding hydrogens is 424 g/mol. The fourth-order valence-electron chi connectivity index (χ4n) is 5.00. The molecule has 170 valence electrons. The Bertz CT molecular complexity index is 975. The van der Waals surface area contributed by atoms with Crippen LogP contribution < -0.4 is 4.90 Å². The summed E-state index contributed by atoms with van der Waals surface area (Å²) in [4.78, 5) is 37.1. The normalized spacial score (nSPS) is 21.3. The number of aromatic nitrogens is 1. The van der Waals surface area contributed by atoms with Gasteiger partial charge in [-0.1, -0.05) is 17.7 Å². The van der Waals surface area contributed by atoms with Gasteiger partial charge in [0.15, 0.2) is 0 Å². The smallest absolute Gasteiger partial charge is 0.253 e. The quantitative estimate of drug-likeness (QED) is 0.701. The Hall–Kier alpha value is -2.60. The van der Waals surface area contributed by atoms with E-state index >= 15 is 0 Å². The first kappa shape index (κ1) is 22.6. The van der Waals surface area contributed by atoms with E-state index in [1.165, 1.54) is 6.42 Å². The largest absolute Gasteiger partial charge is 0.370 e. The first-order chi connectivity index (χ1) is 15.4. The van der Waals surface area contributed by atoms with Crippen molar-refractivity contribution in [2.45, 2.75) is 37.5 Å². The maximum absolute atomic E-state index is 13.6. The summed E-state index contributed by atoms with van der Waals surface area (Å²) in [5.74, 6) is -0.0784. The number of hydrogen-bond acceptors (Lipinski definition) is 4. The Morgan fingerprint density at radius 1 is 1.03 bits per heavy atom. The molecule has 6 nitrogen and oxygen atoms in total. The molecule has 0 saturated carbocycles. The van der Waals surface area contributed by atoms with Gasteiger partial charge < -0.3 is 14.7 Å². The summed E-state index contributed by atoms with van der Waals surface area (Å²) < 4.78 is 0.